The number of ether oxygens (including phenoxy) is 2. The number of methoxy groups -OCH3 is 2. The predicted molar refractivity (Wildman–Crippen MR) is 63.1 cm³/mol. The molecule has 0 saturated carbocycles. The second-order valence-corrected chi connectivity index (χ2v) is 4.35. The molecule has 0 aromatic heterocycles. The largest absolute Gasteiger partial charge is 0.468 e. The minimum Gasteiger partial charge on any atom is -0.468 e. The summed E-state index contributed by atoms with van der Waals surface area (Å²) in [5, 5.41) is 0. The zero-order valence-corrected chi connectivity index (χ0v) is 10.5. The van der Waals surface area contributed by atoms with Gasteiger partial charge in [0, 0.05) is 0 Å². The molecule has 0 saturated heterocycles. The molecular formula is C13H18O4. The smallest absolute Gasteiger partial charge is 0.327 e. The van der Waals surface area contributed by atoms with E-state index in [2.05, 4.69) is 6.58 Å². The average molecular weight is 238 g/mol. The Bertz CT molecular complexity index is 352. The van der Waals surface area contributed by atoms with E-state index in [9.17, 15) is 9.59 Å². The molecule has 0 bridgehead atoms. The lowest BCUT2D eigenvalue weighted by atomic mass is 9.71. The molecule has 4 nitrogen and oxygen atoms in total. The first-order chi connectivity index (χ1) is 8.00. The van der Waals surface area contributed by atoms with Crippen molar-refractivity contribution >= 4 is 11.9 Å². The summed E-state index contributed by atoms with van der Waals surface area (Å²) in [6.07, 6.45) is 4.58. The van der Waals surface area contributed by atoms with Crippen LogP contribution in [-0.4, -0.2) is 26.2 Å². The lowest BCUT2D eigenvalue weighted by Crippen LogP contribution is -2.43. The maximum absolute atomic E-state index is 11.9. The molecule has 1 aliphatic rings. The molecule has 1 rings (SSSR count). The van der Waals surface area contributed by atoms with Crippen molar-refractivity contribution in [3.05, 3.63) is 24.3 Å². The van der Waals surface area contributed by atoms with Gasteiger partial charge in [-0.1, -0.05) is 17.7 Å². The van der Waals surface area contributed by atoms with Gasteiger partial charge in [0.2, 0.25) is 0 Å². The summed E-state index contributed by atoms with van der Waals surface area (Å²) in [5.41, 5.74) is -0.345. The summed E-state index contributed by atoms with van der Waals surface area (Å²) in [6.45, 7) is 5.61. The van der Waals surface area contributed by atoms with Crippen molar-refractivity contribution < 1.29 is 19.1 Å². The maximum atomic E-state index is 11.9. The predicted octanol–water partition coefficient (Wildman–Crippen LogP) is 1.86. The molecule has 94 valence electrons. The average Bonchev–Trinajstić information content (AvgIpc) is 2.35. The number of carbonyl (C=O) groups is 2. The zero-order valence-electron chi connectivity index (χ0n) is 10.5. The zero-order chi connectivity index (χ0) is 13.1. The van der Waals surface area contributed by atoms with Crippen LogP contribution in [0.5, 0.6) is 0 Å². The van der Waals surface area contributed by atoms with Gasteiger partial charge in [0.15, 0.2) is 5.41 Å². The van der Waals surface area contributed by atoms with Crippen molar-refractivity contribution in [3.8, 4) is 0 Å². The van der Waals surface area contributed by atoms with Gasteiger partial charge in [0.05, 0.1) is 14.2 Å². The number of hydrogen-bond donors (Lipinski definition) is 0. The van der Waals surface area contributed by atoms with Crippen molar-refractivity contribution in [2.75, 3.05) is 14.2 Å². The van der Waals surface area contributed by atoms with Crippen molar-refractivity contribution in [3.63, 3.8) is 0 Å². The van der Waals surface area contributed by atoms with Crippen LogP contribution in [0.3, 0.4) is 0 Å². The third-order valence-electron chi connectivity index (χ3n) is 3.09. The van der Waals surface area contributed by atoms with E-state index >= 15 is 0 Å². The molecule has 0 heterocycles. The number of rotatable bonds is 3. The van der Waals surface area contributed by atoms with Crippen LogP contribution in [0, 0.1) is 11.3 Å². The van der Waals surface area contributed by atoms with E-state index in [0.29, 0.717) is 6.42 Å². The SMILES string of the molecule is C=CC1CC(C)=CC(C(=O)OC)(C(=O)OC)C1. The van der Waals surface area contributed by atoms with E-state index in [1.165, 1.54) is 14.2 Å². The van der Waals surface area contributed by atoms with E-state index < -0.39 is 17.4 Å². The van der Waals surface area contributed by atoms with Crippen LogP contribution >= 0.6 is 0 Å². The van der Waals surface area contributed by atoms with Crippen LogP contribution in [-0.2, 0) is 19.1 Å². The minimum absolute atomic E-state index is 0.0817. The number of allylic oxidation sites excluding steroid dienone is 2. The van der Waals surface area contributed by atoms with Crippen molar-refractivity contribution in [2.45, 2.75) is 19.8 Å². The molecule has 1 aliphatic carbocycles. The van der Waals surface area contributed by atoms with Crippen LogP contribution in [0.15, 0.2) is 24.3 Å². The third-order valence-corrected chi connectivity index (χ3v) is 3.09. The van der Waals surface area contributed by atoms with E-state index in [1.54, 1.807) is 12.2 Å². The summed E-state index contributed by atoms with van der Waals surface area (Å²) in [7, 11) is 2.54. The topological polar surface area (TPSA) is 52.6 Å². The molecule has 0 N–H and O–H groups in total. The molecule has 0 aromatic carbocycles. The Kier molecular flexibility index (Phi) is 4.10. The Morgan fingerprint density at radius 2 is 1.94 bits per heavy atom. The van der Waals surface area contributed by atoms with Gasteiger partial charge < -0.3 is 9.47 Å². The Balaban J connectivity index is 3.22. The highest BCUT2D eigenvalue weighted by atomic mass is 16.5. The second-order valence-electron chi connectivity index (χ2n) is 4.35. The normalized spacial score (nSPS) is 22.3. The standard InChI is InChI=1S/C13H18O4/c1-5-10-6-9(2)7-13(8-10,11(14)16-3)12(15)17-4/h5,7,10H,1,6,8H2,2-4H3. The van der Waals surface area contributed by atoms with E-state index in [1.807, 2.05) is 6.92 Å². The molecule has 17 heavy (non-hydrogen) atoms. The van der Waals surface area contributed by atoms with Crippen LogP contribution < -0.4 is 0 Å². The minimum atomic E-state index is -1.31. The quantitative estimate of drug-likeness (QED) is 0.428. The van der Waals surface area contributed by atoms with E-state index in [-0.39, 0.29) is 5.92 Å². The summed E-state index contributed by atoms with van der Waals surface area (Å²) in [4.78, 5) is 23.8. The number of esters is 2. The van der Waals surface area contributed by atoms with Crippen LogP contribution in [0.2, 0.25) is 0 Å². The first-order valence-corrected chi connectivity index (χ1v) is 5.48. The van der Waals surface area contributed by atoms with Gasteiger partial charge >= 0.3 is 11.9 Å². The number of hydrogen-bond acceptors (Lipinski definition) is 4. The van der Waals surface area contributed by atoms with Gasteiger partial charge in [0.25, 0.3) is 0 Å². The summed E-state index contributed by atoms with van der Waals surface area (Å²) >= 11 is 0. The van der Waals surface area contributed by atoms with E-state index in [4.69, 9.17) is 9.47 Å². The molecule has 0 spiro atoms. The van der Waals surface area contributed by atoms with Gasteiger partial charge in [-0.3, -0.25) is 9.59 Å². The van der Waals surface area contributed by atoms with Crippen LogP contribution in [0.25, 0.3) is 0 Å². The Hall–Kier alpha value is -1.58. The third kappa shape index (κ3) is 2.40. The summed E-state index contributed by atoms with van der Waals surface area (Å²) in [6, 6.07) is 0. The molecule has 0 fully saturated rings. The first-order valence-electron chi connectivity index (χ1n) is 5.48. The molecule has 0 amide bonds. The van der Waals surface area contributed by atoms with Gasteiger partial charge in [-0.25, -0.2) is 0 Å². The fourth-order valence-electron chi connectivity index (χ4n) is 2.34. The van der Waals surface area contributed by atoms with Crippen LogP contribution in [0.1, 0.15) is 19.8 Å². The molecule has 0 aliphatic heterocycles. The van der Waals surface area contributed by atoms with Gasteiger partial charge in [-0.15, -0.1) is 6.58 Å². The van der Waals surface area contributed by atoms with Crippen molar-refractivity contribution in [2.24, 2.45) is 11.3 Å². The van der Waals surface area contributed by atoms with Gasteiger partial charge in [-0.2, -0.15) is 0 Å². The van der Waals surface area contributed by atoms with Crippen molar-refractivity contribution in [1.82, 2.24) is 0 Å². The van der Waals surface area contributed by atoms with Gasteiger partial charge in [0.1, 0.15) is 0 Å². The van der Waals surface area contributed by atoms with Crippen LogP contribution in [0.4, 0.5) is 0 Å². The highest BCUT2D eigenvalue weighted by Gasteiger charge is 2.49. The lowest BCUT2D eigenvalue weighted by molar-refractivity contribution is -0.166. The highest BCUT2D eigenvalue weighted by Crippen LogP contribution is 2.40. The van der Waals surface area contributed by atoms with Crippen molar-refractivity contribution in [1.29, 1.82) is 0 Å². The fourth-order valence-corrected chi connectivity index (χ4v) is 2.34. The Labute approximate surface area is 101 Å². The number of carbonyl (C=O) groups excluding carboxylic acids is 2. The second kappa shape index (κ2) is 5.17. The molecule has 1 atom stereocenters. The van der Waals surface area contributed by atoms with E-state index in [0.717, 1.165) is 12.0 Å². The maximum Gasteiger partial charge on any atom is 0.327 e. The molecular weight excluding hydrogens is 220 g/mol. The molecule has 4 heteroatoms. The van der Waals surface area contributed by atoms with Gasteiger partial charge in [-0.05, 0) is 25.7 Å². The fraction of sp³-hybridized carbons (Fsp3) is 0.538. The molecule has 0 aromatic rings. The summed E-state index contributed by atoms with van der Waals surface area (Å²) < 4.78 is 9.48. The molecule has 1 unspecified atom stereocenters. The Morgan fingerprint density at radius 1 is 1.41 bits per heavy atom. The Morgan fingerprint density at radius 3 is 2.35 bits per heavy atom. The first kappa shape index (κ1) is 13.5. The highest BCUT2D eigenvalue weighted by molar-refractivity contribution is 6.02. The summed E-state index contributed by atoms with van der Waals surface area (Å²) in [5.74, 6) is -1.07. The monoisotopic (exact) mass is 238 g/mol. The lowest BCUT2D eigenvalue weighted by Gasteiger charge is -2.32. The molecule has 0 radical (unpaired) electrons.